The number of nitrogens with one attached hydrogen (secondary N) is 2. The molecule has 1 aromatic heterocycles. The van der Waals surface area contributed by atoms with Crippen LogP contribution in [0.15, 0.2) is 12.3 Å². The molecular formula is C16H23FN4O. The average Bonchev–Trinajstić information content (AvgIpc) is 2.56. The number of anilines is 1. The fraction of sp³-hybridized carbons (Fsp3) is 0.625. The van der Waals surface area contributed by atoms with Gasteiger partial charge in [0.2, 0.25) is 0 Å². The van der Waals surface area contributed by atoms with E-state index in [1.165, 1.54) is 18.7 Å². The molecule has 1 amide bonds. The molecule has 1 saturated carbocycles. The maximum absolute atomic E-state index is 14.3. The monoisotopic (exact) mass is 306 g/mol. The Labute approximate surface area is 130 Å². The summed E-state index contributed by atoms with van der Waals surface area (Å²) >= 11 is 0. The topological polar surface area (TPSA) is 57.3 Å². The van der Waals surface area contributed by atoms with Gasteiger partial charge in [-0.05, 0) is 12.8 Å². The van der Waals surface area contributed by atoms with Crippen LogP contribution in [0, 0.1) is 5.82 Å². The third kappa shape index (κ3) is 3.55. The Balaban J connectivity index is 1.66. The minimum Gasteiger partial charge on any atom is -0.354 e. The van der Waals surface area contributed by atoms with Crippen LogP contribution in [-0.2, 0) is 0 Å². The van der Waals surface area contributed by atoms with Crippen LogP contribution in [0.2, 0.25) is 0 Å². The van der Waals surface area contributed by atoms with Gasteiger partial charge in [0.25, 0.3) is 5.91 Å². The Bertz CT molecular complexity index is 525. The van der Waals surface area contributed by atoms with Crippen molar-refractivity contribution < 1.29 is 9.18 Å². The standard InChI is InChI=1S/C16H23FN4O/c17-14-10-15(21-8-6-18-7-9-21)19-11-13(14)16(22)20-12-4-2-1-3-5-12/h10-12,18H,1-9H2,(H,20,22). The summed E-state index contributed by atoms with van der Waals surface area (Å²) in [5, 5.41) is 6.18. The van der Waals surface area contributed by atoms with E-state index < -0.39 is 5.82 Å². The number of carbonyl (C=O) groups excluding carboxylic acids is 1. The first-order valence-electron chi connectivity index (χ1n) is 8.16. The molecule has 6 heteroatoms. The van der Waals surface area contributed by atoms with Crippen molar-refractivity contribution in [2.24, 2.45) is 0 Å². The maximum Gasteiger partial charge on any atom is 0.256 e. The fourth-order valence-electron chi connectivity index (χ4n) is 3.16. The van der Waals surface area contributed by atoms with Crippen LogP contribution in [0.1, 0.15) is 42.5 Å². The van der Waals surface area contributed by atoms with Gasteiger partial charge in [0.15, 0.2) is 0 Å². The van der Waals surface area contributed by atoms with Crippen LogP contribution in [0.4, 0.5) is 10.2 Å². The molecule has 0 radical (unpaired) electrons. The lowest BCUT2D eigenvalue weighted by molar-refractivity contribution is 0.0923. The Morgan fingerprint density at radius 3 is 2.68 bits per heavy atom. The van der Waals surface area contributed by atoms with E-state index >= 15 is 0 Å². The van der Waals surface area contributed by atoms with E-state index in [2.05, 4.69) is 15.6 Å². The van der Waals surface area contributed by atoms with Gasteiger partial charge in [-0.1, -0.05) is 19.3 Å². The SMILES string of the molecule is O=C(NC1CCCCC1)c1cnc(N2CCNCC2)cc1F. The molecule has 1 aromatic rings. The lowest BCUT2D eigenvalue weighted by Gasteiger charge is -2.28. The van der Waals surface area contributed by atoms with Gasteiger partial charge in [-0.15, -0.1) is 0 Å². The largest absolute Gasteiger partial charge is 0.354 e. The molecule has 0 spiro atoms. The first kappa shape index (κ1) is 15.2. The second kappa shape index (κ2) is 7.05. The zero-order valence-corrected chi connectivity index (χ0v) is 12.8. The summed E-state index contributed by atoms with van der Waals surface area (Å²) in [6.45, 7) is 3.35. The summed E-state index contributed by atoms with van der Waals surface area (Å²) in [5.74, 6) is -0.228. The molecule has 1 aliphatic heterocycles. The highest BCUT2D eigenvalue weighted by molar-refractivity contribution is 5.94. The summed E-state index contributed by atoms with van der Waals surface area (Å²) in [5.41, 5.74) is 0.0458. The minimum absolute atomic E-state index is 0.0458. The third-order valence-corrected chi connectivity index (χ3v) is 4.47. The van der Waals surface area contributed by atoms with Crippen LogP contribution in [0.25, 0.3) is 0 Å². The minimum atomic E-state index is -0.489. The van der Waals surface area contributed by atoms with E-state index in [9.17, 15) is 9.18 Å². The number of hydrogen-bond acceptors (Lipinski definition) is 4. The number of pyridine rings is 1. The molecule has 3 rings (SSSR count). The summed E-state index contributed by atoms with van der Waals surface area (Å²) in [6, 6.07) is 1.55. The molecule has 22 heavy (non-hydrogen) atoms. The first-order valence-corrected chi connectivity index (χ1v) is 8.16. The number of amides is 1. The summed E-state index contributed by atoms with van der Waals surface area (Å²) in [7, 11) is 0. The van der Waals surface area contributed by atoms with Crippen LogP contribution in [-0.4, -0.2) is 43.1 Å². The van der Waals surface area contributed by atoms with Crippen LogP contribution < -0.4 is 15.5 Å². The smallest absolute Gasteiger partial charge is 0.256 e. The number of halogens is 1. The van der Waals surface area contributed by atoms with Crippen molar-refractivity contribution >= 4 is 11.7 Å². The molecule has 2 heterocycles. The quantitative estimate of drug-likeness (QED) is 0.892. The van der Waals surface area contributed by atoms with Crippen molar-refractivity contribution in [2.75, 3.05) is 31.1 Å². The van der Waals surface area contributed by atoms with Gasteiger partial charge in [-0.2, -0.15) is 0 Å². The summed E-state index contributed by atoms with van der Waals surface area (Å²) in [4.78, 5) is 18.5. The lowest BCUT2D eigenvalue weighted by atomic mass is 9.95. The van der Waals surface area contributed by atoms with Gasteiger partial charge >= 0.3 is 0 Å². The van der Waals surface area contributed by atoms with Gasteiger partial charge in [-0.25, -0.2) is 9.37 Å². The van der Waals surface area contributed by atoms with Gasteiger partial charge in [0, 0.05) is 44.5 Å². The fourth-order valence-corrected chi connectivity index (χ4v) is 3.16. The van der Waals surface area contributed by atoms with E-state index in [1.54, 1.807) is 0 Å². The number of carbonyl (C=O) groups is 1. The molecule has 2 fully saturated rings. The number of rotatable bonds is 3. The number of piperazine rings is 1. The van der Waals surface area contributed by atoms with Crippen molar-refractivity contribution in [3.63, 3.8) is 0 Å². The lowest BCUT2D eigenvalue weighted by Crippen LogP contribution is -2.44. The zero-order valence-electron chi connectivity index (χ0n) is 12.8. The second-order valence-corrected chi connectivity index (χ2v) is 6.07. The van der Waals surface area contributed by atoms with Gasteiger partial charge in [0.1, 0.15) is 11.6 Å². The molecule has 5 nitrogen and oxygen atoms in total. The molecular weight excluding hydrogens is 283 g/mol. The van der Waals surface area contributed by atoms with E-state index in [-0.39, 0.29) is 17.5 Å². The first-order chi connectivity index (χ1) is 10.7. The number of nitrogens with zero attached hydrogens (tertiary/aromatic N) is 2. The predicted molar refractivity (Wildman–Crippen MR) is 83.6 cm³/mol. The van der Waals surface area contributed by atoms with Crippen molar-refractivity contribution in [2.45, 2.75) is 38.1 Å². The van der Waals surface area contributed by atoms with Gasteiger partial charge < -0.3 is 15.5 Å². The Hall–Kier alpha value is -1.69. The average molecular weight is 306 g/mol. The maximum atomic E-state index is 14.3. The highest BCUT2D eigenvalue weighted by atomic mass is 19.1. The predicted octanol–water partition coefficient (Wildman–Crippen LogP) is 1.69. The van der Waals surface area contributed by atoms with Crippen molar-refractivity contribution in [3.05, 3.63) is 23.6 Å². The van der Waals surface area contributed by atoms with Crippen molar-refractivity contribution in [3.8, 4) is 0 Å². The van der Waals surface area contributed by atoms with Crippen LogP contribution >= 0.6 is 0 Å². The molecule has 0 bridgehead atoms. The number of aromatic nitrogens is 1. The molecule has 1 saturated heterocycles. The van der Waals surface area contributed by atoms with E-state index in [1.807, 2.05) is 4.90 Å². The summed E-state index contributed by atoms with van der Waals surface area (Å²) in [6.07, 6.45) is 6.83. The molecule has 0 unspecified atom stereocenters. The zero-order chi connectivity index (χ0) is 15.4. The van der Waals surface area contributed by atoms with E-state index in [0.717, 1.165) is 51.9 Å². The molecule has 2 N–H and O–H groups in total. The second-order valence-electron chi connectivity index (χ2n) is 6.07. The molecule has 1 aliphatic carbocycles. The van der Waals surface area contributed by atoms with E-state index in [0.29, 0.717) is 5.82 Å². The Kier molecular flexibility index (Phi) is 4.87. The Morgan fingerprint density at radius 2 is 2.00 bits per heavy atom. The highest BCUT2D eigenvalue weighted by Gasteiger charge is 2.20. The normalized spacial score (nSPS) is 20.0. The van der Waals surface area contributed by atoms with Crippen LogP contribution in [0.3, 0.4) is 0 Å². The molecule has 2 aliphatic rings. The van der Waals surface area contributed by atoms with Gasteiger partial charge in [0.05, 0.1) is 5.56 Å². The van der Waals surface area contributed by atoms with Crippen molar-refractivity contribution in [1.29, 1.82) is 0 Å². The van der Waals surface area contributed by atoms with Gasteiger partial charge in [-0.3, -0.25) is 4.79 Å². The number of hydrogen-bond donors (Lipinski definition) is 2. The van der Waals surface area contributed by atoms with Crippen LogP contribution in [0.5, 0.6) is 0 Å². The van der Waals surface area contributed by atoms with E-state index in [4.69, 9.17) is 0 Å². The highest BCUT2D eigenvalue weighted by Crippen LogP contribution is 2.19. The van der Waals surface area contributed by atoms with Crippen molar-refractivity contribution in [1.82, 2.24) is 15.6 Å². The summed E-state index contributed by atoms with van der Waals surface area (Å²) < 4.78 is 14.3. The third-order valence-electron chi connectivity index (χ3n) is 4.47. The molecule has 0 aromatic carbocycles. The Morgan fingerprint density at radius 1 is 1.27 bits per heavy atom. The molecule has 120 valence electrons. The molecule has 0 atom stereocenters.